The molecule has 0 bridgehead atoms. The molecule has 0 fully saturated rings. The Hall–Kier alpha value is -1.58. The summed E-state index contributed by atoms with van der Waals surface area (Å²) in [6, 6.07) is 9.84. The highest BCUT2D eigenvalue weighted by Crippen LogP contribution is 1.96. The van der Waals surface area contributed by atoms with Crippen LogP contribution in [0.15, 0.2) is 30.3 Å². The van der Waals surface area contributed by atoms with E-state index in [1.807, 2.05) is 30.3 Å². The summed E-state index contributed by atoms with van der Waals surface area (Å²) in [4.78, 5) is 0. The molecule has 0 unspecified atom stereocenters. The van der Waals surface area contributed by atoms with Gasteiger partial charge in [-0.05, 0) is 12.0 Å². The van der Waals surface area contributed by atoms with Gasteiger partial charge < -0.3 is 10.6 Å². The summed E-state index contributed by atoms with van der Waals surface area (Å²) in [6.07, 6.45) is 0.440. The smallest absolute Gasteiger partial charge is 0.188 e. The molecule has 0 aliphatic rings. The van der Waals surface area contributed by atoms with Gasteiger partial charge in [-0.25, -0.2) is 0 Å². The standard InChI is InChI=1S/C11H16FN3/c12-7-4-8-14-11(13)15-9-10-5-2-1-3-6-10/h1-3,5-6H,4,7-9H2,(H3,13,14,15). The summed E-state index contributed by atoms with van der Waals surface area (Å²) in [5, 5.41) is 13.2. The number of hydrogen-bond donors (Lipinski definition) is 3. The van der Waals surface area contributed by atoms with Crippen LogP contribution in [0.25, 0.3) is 0 Å². The maximum Gasteiger partial charge on any atom is 0.188 e. The largest absolute Gasteiger partial charge is 0.356 e. The summed E-state index contributed by atoms with van der Waals surface area (Å²) in [5.41, 5.74) is 1.12. The molecule has 4 heteroatoms. The first-order chi connectivity index (χ1) is 7.33. The zero-order valence-electron chi connectivity index (χ0n) is 8.59. The lowest BCUT2D eigenvalue weighted by molar-refractivity contribution is 0.470. The molecule has 1 rings (SSSR count). The van der Waals surface area contributed by atoms with E-state index in [1.54, 1.807) is 0 Å². The van der Waals surface area contributed by atoms with Crippen molar-refractivity contribution in [2.24, 2.45) is 0 Å². The minimum absolute atomic E-state index is 0.243. The molecule has 0 amide bonds. The van der Waals surface area contributed by atoms with E-state index < -0.39 is 0 Å². The monoisotopic (exact) mass is 209 g/mol. The van der Waals surface area contributed by atoms with Gasteiger partial charge in [0.2, 0.25) is 0 Å². The highest BCUT2D eigenvalue weighted by molar-refractivity contribution is 5.76. The summed E-state index contributed by atoms with van der Waals surface area (Å²) in [5.74, 6) is 0.243. The van der Waals surface area contributed by atoms with Gasteiger partial charge in [-0.2, -0.15) is 0 Å². The molecular formula is C11H16FN3. The van der Waals surface area contributed by atoms with Crippen LogP contribution in [0.5, 0.6) is 0 Å². The van der Waals surface area contributed by atoms with E-state index in [0.29, 0.717) is 19.5 Å². The number of halogens is 1. The zero-order chi connectivity index (χ0) is 10.9. The van der Waals surface area contributed by atoms with E-state index in [9.17, 15) is 4.39 Å². The summed E-state index contributed by atoms with van der Waals surface area (Å²) in [6.45, 7) is 0.762. The van der Waals surface area contributed by atoms with Crippen molar-refractivity contribution in [1.29, 1.82) is 5.41 Å². The number of nitrogens with one attached hydrogen (secondary N) is 3. The first-order valence-electron chi connectivity index (χ1n) is 4.99. The van der Waals surface area contributed by atoms with E-state index in [2.05, 4.69) is 10.6 Å². The van der Waals surface area contributed by atoms with E-state index in [-0.39, 0.29) is 12.6 Å². The molecule has 1 aromatic rings. The highest BCUT2D eigenvalue weighted by atomic mass is 19.1. The molecule has 0 radical (unpaired) electrons. The third kappa shape index (κ3) is 5.00. The molecule has 0 saturated heterocycles. The summed E-state index contributed by atoms with van der Waals surface area (Å²) < 4.78 is 11.8. The minimum Gasteiger partial charge on any atom is -0.356 e. The van der Waals surface area contributed by atoms with Crippen molar-refractivity contribution in [2.45, 2.75) is 13.0 Å². The minimum atomic E-state index is -0.348. The van der Waals surface area contributed by atoms with Gasteiger partial charge in [-0.1, -0.05) is 30.3 Å². The van der Waals surface area contributed by atoms with Crippen LogP contribution < -0.4 is 10.6 Å². The zero-order valence-corrected chi connectivity index (χ0v) is 8.59. The summed E-state index contributed by atoms with van der Waals surface area (Å²) >= 11 is 0. The van der Waals surface area contributed by atoms with Gasteiger partial charge in [-0.15, -0.1) is 0 Å². The molecule has 0 aliphatic carbocycles. The molecule has 15 heavy (non-hydrogen) atoms. The van der Waals surface area contributed by atoms with Crippen LogP contribution in [-0.4, -0.2) is 19.2 Å². The Kier molecular flexibility index (Phi) is 5.22. The normalized spacial score (nSPS) is 9.67. The quantitative estimate of drug-likeness (QED) is 0.392. The van der Waals surface area contributed by atoms with Crippen LogP contribution in [0.3, 0.4) is 0 Å². The Labute approximate surface area is 89.2 Å². The lowest BCUT2D eigenvalue weighted by Gasteiger charge is -2.09. The molecule has 0 aromatic heterocycles. The molecule has 0 atom stereocenters. The number of hydrogen-bond acceptors (Lipinski definition) is 1. The fourth-order valence-corrected chi connectivity index (χ4v) is 1.13. The fraction of sp³-hybridized carbons (Fsp3) is 0.364. The van der Waals surface area contributed by atoms with Gasteiger partial charge in [0.25, 0.3) is 0 Å². The Bertz CT molecular complexity index is 287. The van der Waals surface area contributed by atoms with Crippen LogP contribution >= 0.6 is 0 Å². The van der Waals surface area contributed by atoms with Gasteiger partial charge in [-0.3, -0.25) is 9.80 Å². The molecule has 0 saturated carbocycles. The first kappa shape index (κ1) is 11.5. The van der Waals surface area contributed by atoms with Gasteiger partial charge >= 0.3 is 0 Å². The SMILES string of the molecule is N=C(NCCCF)NCc1ccccc1. The molecule has 0 aliphatic heterocycles. The summed E-state index contributed by atoms with van der Waals surface area (Å²) in [7, 11) is 0. The van der Waals surface area contributed by atoms with Crippen LogP contribution in [0, 0.1) is 5.41 Å². The van der Waals surface area contributed by atoms with Crippen LogP contribution in [-0.2, 0) is 6.54 Å². The lowest BCUT2D eigenvalue weighted by atomic mass is 10.2. The molecule has 82 valence electrons. The van der Waals surface area contributed by atoms with Gasteiger partial charge in [0.05, 0.1) is 6.67 Å². The van der Waals surface area contributed by atoms with Gasteiger partial charge in [0, 0.05) is 13.1 Å². The maximum atomic E-state index is 11.8. The highest BCUT2D eigenvalue weighted by Gasteiger charge is 1.95. The van der Waals surface area contributed by atoms with Crippen LogP contribution in [0.4, 0.5) is 4.39 Å². The van der Waals surface area contributed by atoms with Crippen molar-refractivity contribution in [3.63, 3.8) is 0 Å². The fourth-order valence-electron chi connectivity index (χ4n) is 1.13. The van der Waals surface area contributed by atoms with E-state index in [1.165, 1.54) is 0 Å². The van der Waals surface area contributed by atoms with Crippen molar-refractivity contribution in [3.05, 3.63) is 35.9 Å². The van der Waals surface area contributed by atoms with Gasteiger partial charge in [0.1, 0.15) is 0 Å². The Balaban J connectivity index is 2.17. The molecule has 1 aromatic carbocycles. The molecule has 0 heterocycles. The Morgan fingerprint density at radius 3 is 2.60 bits per heavy atom. The first-order valence-corrected chi connectivity index (χ1v) is 4.99. The van der Waals surface area contributed by atoms with Crippen molar-refractivity contribution in [1.82, 2.24) is 10.6 Å². The lowest BCUT2D eigenvalue weighted by Crippen LogP contribution is -2.36. The average Bonchev–Trinajstić information content (AvgIpc) is 2.28. The molecular weight excluding hydrogens is 193 g/mol. The predicted molar refractivity (Wildman–Crippen MR) is 59.6 cm³/mol. The average molecular weight is 209 g/mol. The second-order valence-corrected chi connectivity index (χ2v) is 3.18. The van der Waals surface area contributed by atoms with E-state index >= 15 is 0 Å². The number of alkyl halides is 1. The molecule has 0 spiro atoms. The topological polar surface area (TPSA) is 47.9 Å². The van der Waals surface area contributed by atoms with Crippen LogP contribution in [0.2, 0.25) is 0 Å². The maximum absolute atomic E-state index is 11.8. The van der Waals surface area contributed by atoms with Crippen molar-refractivity contribution < 1.29 is 4.39 Å². The Morgan fingerprint density at radius 1 is 1.20 bits per heavy atom. The Morgan fingerprint density at radius 2 is 1.93 bits per heavy atom. The second-order valence-electron chi connectivity index (χ2n) is 3.18. The predicted octanol–water partition coefficient (Wildman–Crippen LogP) is 1.66. The van der Waals surface area contributed by atoms with E-state index in [4.69, 9.17) is 5.41 Å². The number of rotatable bonds is 5. The van der Waals surface area contributed by atoms with Crippen molar-refractivity contribution in [2.75, 3.05) is 13.2 Å². The number of benzene rings is 1. The van der Waals surface area contributed by atoms with Gasteiger partial charge in [0.15, 0.2) is 5.96 Å². The number of guanidine groups is 1. The van der Waals surface area contributed by atoms with E-state index in [0.717, 1.165) is 5.56 Å². The van der Waals surface area contributed by atoms with Crippen LogP contribution in [0.1, 0.15) is 12.0 Å². The third-order valence-corrected chi connectivity index (χ3v) is 1.92. The third-order valence-electron chi connectivity index (χ3n) is 1.92. The molecule has 3 nitrogen and oxygen atoms in total. The van der Waals surface area contributed by atoms with Crippen molar-refractivity contribution in [3.8, 4) is 0 Å². The van der Waals surface area contributed by atoms with Crippen molar-refractivity contribution >= 4 is 5.96 Å². The molecule has 3 N–H and O–H groups in total. The second kappa shape index (κ2) is 6.81.